The molecule has 1 aliphatic carbocycles. The summed E-state index contributed by atoms with van der Waals surface area (Å²) in [5.74, 6) is 0. The molecule has 0 bridgehead atoms. The number of carbonyl (C=O) groups is 1. The fourth-order valence-corrected chi connectivity index (χ4v) is 3.45. The quantitative estimate of drug-likeness (QED) is 0.747. The first-order valence-corrected chi connectivity index (χ1v) is 9.11. The molecule has 2 aromatic carbocycles. The number of benzene rings is 2. The molecule has 1 fully saturated rings. The lowest BCUT2D eigenvalue weighted by atomic mass is 10.1. The molecule has 7 heteroatoms. The maximum Gasteiger partial charge on any atom is 0.416 e. The predicted octanol–water partition coefficient (Wildman–Crippen LogP) is 5.55. The van der Waals surface area contributed by atoms with E-state index < -0.39 is 11.7 Å². The van der Waals surface area contributed by atoms with E-state index in [9.17, 15) is 18.0 Å². The van der Waals surface area contributed by atoms with Crippen LogP contribution < -0.4 is 5.32 Å². The third kappa shape index (κ3) is 4.83. The van der Waals surface area contributed by atoms with Crippen LogP contribution >= 0.6 is 0 Å². The molecule has 0 atom stereocenters. The summed E-state index contributed by atoms with van der Waals surface area (Å²) in [6.07, 6.45) is -0.764. The van der Waals surface area contributed by atoms with Crippen molar-refractivity contribution in [2.24, 2.45) is 0 Å². The Balaban J connectivity index is 1.79. The van der Waals surface area contributed by atoms with Gasteiger partial charge in [0.2, 0.25) is 0 Å². The lowest BCUT2D eigenvalue weighted by molar-refractivity contribution is -0.137. The molecule has 0 saturated heterocycles. The molecule has 1 saturated carbocycles. The van der Waals surface area contributed by atoms with E-state index in [0.717, 1.165) is 37.8 Å². The molecule has 2 aromatic rings. The third-order valence-electron chi connectivity index (χ3n) is 4.90. The number of rotatable bonds is 4. The van der Waals surface area contributed by atoms with Gasteiger partial charge in [0, 0.05) is 18.3 Å². The molecule has 3 rings (SSSR count). The number of urea groups is 1. The van der Waals surface area contributed by atoms with E-state index in [4.69, 9.17) is 5.26 Å². The molecule has 0 radical (unpaired) electrons. The topological polar surface area (TPSA) is 56.1 Å². The van der Waals surface area contributed by atoms with Gasteiger partial charge in [-0.05, 0) is 54.8 Å². The van der Waals surface area contributed by atoms with Crippen LogP contribution in [0.15, 0.2) is 48.5 Å². The molecule has 2 amide bonds. The number of nitrogens with zero attached hydrogens (tertiary/aromatic N) is 2. The number of amides is 2. The fraction of sp³-hybridized carbons (Fsp3) is 0.333. The van der Waals surface area contributed by atoms with Gasteiger partial charge in [0.15, 0.2) is 0 Å². The Morgan fingerprint density at radius 2 is 1.82 bits per heavy atom. The van der Waals surface area contributed by atoms with Gasteiger partial charge in [0.1, 0.15) is 0 Å². The van der Waals surface area contributed by atoms with Crippen LogP contribution in [0.2, 0.25) is 0 Å². The van der Waals surface area contributed by atoms with Crippen LogP contribution in [-0.4, -0.2) is 17.0 Å². The van der Waals surface area contributed by atoms with Crippen LogP contribution in [-0.2, 0) is 12.7 Å². The van der Waals surface area contributed by atoms with Gasteiger partial charge < -0.3 is 10.2 Å². The third-order valence-corrected chi connectivity index (χ3v) is 4.90. The van der Waals surface area contributed by atoms with Gasteiger partial charge in [-0.2, -0.15) is 18.4 Å². The Morgan fingerprint density at radius 1 is 1.14 bits per heavy atom. The highest BCUT2D eigenvalue weighted by molar-refractivity contribution is 5.89. The summed E-state index contributed by atoms with van der Waals surface area (Å²) in [6, 6.07) is 13.2. The van der Waals surface area contributed by atoms with Crippen LogP contribution in [0, 0.1) is 11.3 Å². The largest absolute Gasteiger partial charge is 0.416 e. The van der Waals surface area contributed by atoms with Crippen molar-refractivity contribution >= 4 is 11.7 Å². The van der Waals surface area contributed by atoms with Gasteiger partial charge in [-0.15, -0.1) is 0 Å². The molecule has 4 nitrogen and oxygen atoms in total. The van der Waals surface area contributed by atoms with Crippen LogP contribution in [0.5, 0.6) is 0 Å². The van der Waals surface area contributed by atoms with Gasteiger partial charge in [0.25, 0.3) is 0 Å². The zero-order valence-corrected chi connectivity index (χ0v) is 15.2. The van der Waals surface area contributed by atoms with Crippen LogP contribution in [0.1, 0.15) is 42.4 Å². The summed E-state index contributed by atoms with van der Waals surface area (Å²) < 4.78 is 39.0. The number of nitriles is 1. The van der Waals surface area contributed by atoms with Gasteiger partial charge in [-0.3, -0.25) is 0 Å². The molecular weight excluding hydrogens is 367 g/mol. The minimum atomic E-state index is -4.42. The summed E-state index contributed by atoms with van der Waals surface area (Å²) in [6.45, 7) is 0.108. The fourth-order valence-electron chi connectivity index (χ4n) is 3.45. The molecule has 0 spiro atoms. The van der Waals surface area contributed by atoms with E-state index in [1.807, 2.05) is 6.07 Å². The Hall–Kier alpha value is -3.01. The highest BCUT2D eigenvalue weighted by atomic mass is 19.4. The van der Waals surface area contributed by atoms with E-state index in [1.54, 1.807) is 35.2 Å². The first kappa shape index (κ1) is 19.7. The van der Waals surface area contributed by atoms with Crippen LogP contribution in [0.25, 0.3) is 0 Å². The number of halogens is 3. The summed E-state index contributed by atoms with van der Waals surface area (Å²) >= 11 is 0. The van der Waals surface area contributed by atoms with E-state index in [-0.39, 0.29) is 18.6 Å². The lowest BCUT2D eigenvalue weighted by Crippen LogP contribution is -2.41. The van der Waals surface area contributed by atoms with Gasteiger partial charge in [0.05, 0.1) is 17.2 Å². The maximum absolute atomic E-state index is 13.0. The first-order valence-electron chi connectivity index (χ1n) is 9.11. The number of anilines is 1. The smallest absolute Gasteiger partial charge is 0.317 e. The Bertz CT molecular complexity index is 866. The minimum absolute atomic E-state index is 0.00655. The highest BCUT2D eigenvalue weighted by Gasteiger charge is 2.31. The van der Waals surface area contributed by atoms with Crippen LogP contribution in [0.3, 0.4) is 0 Å². The SMILES string of the molecule is N#Cc1ccc(NC(=O)N(Cc2cccc(C(F)(F)F)c2)C2CCCC2)cc1. The second kappa shape index (κ2) is 8.34. The van der Waals surface area contributed by atoms with Gasteiger partial charge >= 0.3 is 12.2 Å². The van der Waals surface area contributed by atoms with Crippen molar-refractivity contribution in [1.29, 1.82) is 5.26 Å². The van der Waals surface area contributed by atoms with Crippen molar-refractivity contribution in [2.45, 2.75) is 44.4 Å². The Kier molecular flexibility index (Phi) is 5.88. The molecular formula is C21H20F3N3O. The van der Waals surface area contributed by atoms with E-state index >= 15 is 0 Å². The summed E-state index contributed by atoms with van der Waals surface area (Å²) in [4.78, 5) is 14.5. The maximum atomic E-state index is 13.0. The Morgan fingerprint density at radius 3 is 2.43 bits per heavy atom. The first-order chi connectivity index (χ1) is 13.4. The lowest BCUT2D eigenvalue weighted by Gasteiger charge is -2.29. The average Bonchev–Trinajstić information content (AvgIpc) is 3.20. The highest BCUT2D eigenvalue weighted by Crippen LogP contribution is 2.31. The second-order valence-corrected chi connectivity index (χ2v) is 6.88. The number of hydrogen-bond acceptors (Lipinski definition) is 2. The summed E-state index contributed by atoms with van der Waals surface area (Å²) in [7, 11) is 0. The van der Waals surface area contributed by atoms with Gasteiger partial charge in [-0.25, -0.2) is 4.79 Å². The zero-order valence-electron chi connectivity index (χ0n) is 15.2. The van der Waals surface area contributed by atoms with Crippen molar-refractivity contribution in [3.05, 3.63) is 65.2 Å². The van der Waals surface area contributed by atoms with Crippen molar-refractivity contribution in [3.8, 4) is 6.07 Å². The Labute approximate surface area is 161 Å². The average molecular weight is 387 g/mol. The molecule has 0 aromatic heterocycles. The van der Waals surface area contributed by atoms with E-state index in [2.05, 4.69) is 5.32 Å². The number of alkyl halides is 3. The van der Waals surface area contributed by atoms with Crippen molar-refractivity contribution < 1.29 is 18.0 Å². The molecule has 28 heavy (non-hydrogen) atoms. The minimum Gasteiger partial charge on any atom is -0.317 e. The van der Waals surface area contributed by atoms with Crippen LogP contribution in [0.4, 0.5) is 23.7 Å². The predicted molar refractivity (Wildman–Crippen MR) is 99.4 cm³/mol. The monoisotopic (exact) mass is 387 g/mol. The van der Waals surface area contributed by atoms with Crippen molar-refractivity contribution in [2.75, 3.05) is 5.32 Å². The normalized spacial score (nSPS) is 14.5. The number of hydrogen-bond donors (Lipinski definition) is 1. The van der Waals surface area contributed by atoms with Crippen molar-refractivity contribution in [3.63, 3.8) is 0 Å². The molecule has 0 heterocycles. The summed E-state index contributed by atoms with van der Waals surface area (Å²) in [5.41, 5.74) is 0.742. The zero-order chi connectivity index (χ0) is 20.1. The second-order valence-electron chi connectivity index (χ2n) is 6.88. The van der Waals surface area contributed by atoms with Gasteiger partial charge in [-0.1, -0.05) is 25.0 Å². The van der Waals surface area contributed by atoms with E-state index in [0.29, 0.717) is 16.8 Å². The summed E-state index contributed by atoms with van der Waals surface area (Å²) in [5, 5.41) is 11.7. The molecule has 0 aliphatic heterocycles. The number of nitrogens with one attached hydrogen (secondary N) is 1. The number of carbonyl (C=O) groups excluding carboxylic acids is 1. The molecule has 1 N–H and O–H groups in total. The van der Waals surface area contributed by atoms with Crippen molar-refractivity contribution in [1.82, 2.24) is 4.90 Å². The van der Waals surface area contributed by atoms with E-state index in [1.165, 1.54) is 6.07 Å². The molecule has 0 unspecified atom stereocenters. The molecule has 146 valence electrons. The standard InChI is InChI=1S/C21H20F3N3O/c22-21(23,24)17-5-3-4-16(12-17)14-27(19-6-1-2-7-19)20(28)26-18-10-8-15(13-25)9-11-18/h3-5,8-12,19H,1-2,6-7,14H2,(H,26,28). The molecule has 1 aliphatic rings.